The Bertz CT molecular complexity index is 1290. The molecule has 3 atom stereocenters. The fourth-order valence-corrected chi connectivity index (χ4v) is 6.95. The first-order valence-electron chi connectivity index (χ1n) is 11.1. The van der Waals surface area contributed by atoms with Crippen LogP contribution in [-0.2, 0) is 28.4 Å². The van der Waals surface area contributed by atoms with E-state index in [2.05, 4.69) is 36.8 Å². The molecule has 7 nitrogen and oxygen atoms in total. The lowest BCUT2D eigenvalue weighted by atomic mass is 9.97. The monoisotopic (exact) mass is 586 g/mol. The first-order chi connectivity index (χ1) is 16.6. The molecule has 188 valence electrons. The number of anilines is 1. The zero-order valence-corrected chi connectivity index (χ0v) is 22.1. The third kappa shape index (κ3) is 6.82. The van der Waals surface area contributed by atoms with Gasteiger partial charge in [-0.25, -0.2) is 17.2 Å². The molecule has 3 aromatic rings. The second-order valence-electron chi connectivity index (χ2n) is 8.56. The van der Waals surface area contributed by atoms with Crippen molar-refractivity contribution >= 4 is 42.2 Å². The SMILES string of the molecule is CCc1ccc2c(c1)C(NCC(O)C(Cc1cc(F)cc(F)c1)Nc1nnc(Br)s1)CS(=O)(=O)C2. The van der Waals surface area contributed by atoms with Crippen LogP contribution in [0.1, 0.15) is 35.2 Å². The molecule has 0 saturated heterocycles. The van der Waals surface area contributed by atoms with Crippen molar-refractivity contribution in [1.82, 2.24) is 15.5 Å². The number of nitrogens with one attached hydrogen (secondary N) is 2. The molecule has 0 aliphatic carbocycles. The molecule has 0 radical (unpaired) electrons. The van der Waals surface area contributed by atoms with E-state index >= 15 is 0 Å². The number of aliphatic hydroxyl groups excluding tert-OH is 1. The summed E-state index contributed by atoms with van der Waals surface area (Å²) in [5.74, 6) is -1.49. The van der Waals surface area contributed by atoms with Crippen molar-refractivity contribution < 1.29 is 22.3 Å². The van der Waals surface area contributed by atoms with Crippen LogP contribution in [0.25, 0.3) is 0 Å². The predicted molar refractivity (Wildman–Crippen MR) is 135 cm³/mol. The summed E-state index contributed by atoms with van der Waals surface area (Å²) in [6, 6.07) is 7.86. The zero-order valence-electron chi connectivity index (χ0n) is 18.8. The van der Waals surface area contributed by atoms with Crippen LogP contribution in [-0.4, -0.2) is 48.2 Å². The third-order valence-corrected chi connectivity index (χ3v) is 8.79. The molecule has 2 aromatic carbocycles. The lowest BCUT2D eigenvalue weighted by molar-refractivity contribution is 0.145. The highest BCUT2D eigenvalue weighted by molar-refractivity contribution is 9.11. The Morgan fingerprint density at radius 2 is 1.91 bits per heavy atom. The molecule has 3 N–H and O–H groups in total. The van der Waals surface area contributed by atoms with Crippen molar-refractivity contribution in [1.29, 1.82) is 0 Å². The van der Waals surface area contributed by atoms with Gasteiger partial charge in [0, 0.05) is 18.7 Å². The van der Waals surface area contributed by atoms with E-state index in [0.29, 0.717) is 14.6 Å². The van der Waals surface area contributed by atoms with Crippen molar-refractivity contribution in [2.75, 3.05) is 17.6 Å². The molecule has 1 aromatic heterocycles. The van der Waals surface area contributed by atoms with Crippen molar-refractivity contribution in [3.05, 3.63) is 74.2 Å². The van der Waals surface area contributed by atoms with E-state index in [4.69, 9.17) is 0 Å². The molecule has 0 fully saturated rings. The highest BCUT2D eigenvalue weighted by Crippen LogP contribution is 2.30. The number of halogens is 3. The van der Waals surface area contributed by atoms with Crippen molar-refractivity contribution in [2.24, 2.45) is 0 Å². The van der Waals surface area contributed by atoms with Crippen LogP contribution in [0.4, 0.5) is 13.9 Å². The Labute approximate surface area is 215 Å². The molecule has 2 heterocycles. The van der Waals surface area contributed by atoms with Crippen LogP contribution >= 0.6 is 27.3 Å². The van der Waals surface area contributed by atoms with Gasteiger partial charge in [0.1, 0.15) is 11.6 Å². The topological polar surface area (TPSA) is 104 Å². The van der Waals surface area contributed by atoms with Gasteiger partial charge in [0.25, 0.3) is 0 Å². The minimum atomic E-state index is -3.30. The van der Waals surface area contributed by atoms with Crippen LogP contribution in [0.2, 0.25) is 0 Å². The van der Waals surface area contributed by atoms with E-state index < -0.39 is 39.7 Å². The van der Waals surface area contributed by atoms with Crippen LogP contribution < -0.4 is 10.6 Å². The summed E-state index contributed by atoms with van der Waals surface area (Å²) in [4.78, 5) is 0. The molecule has 0 saturated carbocycles. The van der Waals surface area contributed by atoms with Gasteiger partial charge in [-0.3, -0.25) is 0 Å². The first kappa shape index (κ1) is 26.1. The van der Waals surface area contributed by atoms with E-state index in [0.717, 1.165) is 29.2 Å². The number of nitrogens with zero attached hydrogens (tertiary/aromatic N) is 2. The van der Waals surface area contributed by atoms with Crippen molar-refractivity contribution in [3.63, 3.8) is 0 Å². The molecular weight excluding hydrogens is 562 g/mol. The molecule has 0 bridgehead atoms. The Balaban J connectivity index is 1.54. The number of hydrogen-bond acceptors (Lipinski definition) is 8. The average molecular weight is 588 g/mol. The number of aromatic nitrogens is 2. The molecule has 4 rings (SSSR count). The standard InChI is InChI=1S/C23H25BrF2N4O3S2/c1-2-13-3-4-15-11-35(32,33)12-20(18(15)7-13)27-10-21(31)19(28-23-30-29-22(24)34-23)8-14-5-16(25)9-17(26)6-14/h3-7,9,19-21,27,31H,2,8,10-12H2,1H3,(H,28,30). The van der Waals surface area contributed by atoms with E-state index in [1.807, 2.05) is 25.1 Å². The fraction of sp³-hybridized carbons (Fsp3) is 0.391. The van der Waals surface area contributed by atoms with Crippen LogP contribution in [0.5, 0.6) is 0 Å². The van der Waals surface area contributed by atoms with Gasteiger partial charge in [0.15, 0.2) is 13.8 Å². The van der Waals surface area contributed by atoms with Crippen LogP contribution in [0.15, 0.2) is 40.3 Å². The lowest BCUT2D eigenvalue weighted by Crippen LogP contribution is -2.45. The first-order valence-corrected chi connectivity index (χ1v) is 14.5. The van der Waals surface area contributed by atoms with Gasteiger partial charge in [0.05, 0.1) is 23.7 Å². The summed E-state index contributed by atoms with van der Waals surface area (Å²) in [5.41, 5.74) is 3.13. The molecule has 12 heteroatoms. The average Bonchev–Trinajstić information content (AvgIpc) is 3.19. The maximum absolute atomic E-state index is 13.8. The number of fused-ring (bicyclic) bond motifs is 1. The largest absolute Gasteiger partial charge is 0.390 e. The Hall–Kier alpha value is -1.99. The molecular formula is C23H25BrF2N4O3S2. The maximum Gasteiger partial charge on any atom is 0.206 e. The minimum absolute atomic E-state index is 0.00565. The van der Waals surface area contributed by atoms with Gasteiger partial charge in [-0.05, 0) is 63.2 Å². The number of rotatable bonds is 9. The highest BCUT2D eigenvalue weighted by Gasteiger charge is 2.31. The molecule has 1 aliphatic heterocycles. The van der Waals surface area contributed by atoms with Crippen molar-refractivity contribution in [2.45, 2.75) is 43.7 Å². The number of aliphatic hydroxyl groups is 1. The smallest absolute Gasteiger partial charge is 0.206 e. The van der Waals surface area contributed by atoms with E-state index in [1.165, 1.54) is 23.5 Å². The molecule has 0 amide bonds. The van der Waals surface area contributed by atoms with E-state index in [-0.39, 0.29) is 24.5 Å². The van der Waals surface area contributed by atoms with Crippen LogP contribution in [0.3, 0.4) is 0 Å². The summed E-state index contributed by atoms with van der Waals surface area (Å²) in [6.07, 6.45) is -0.108. The van der Waals surface area contributed by atoms with Gasteiger partial charge in [-0.2, -0.15) is 0 Å². The number of benzene rings is 2. The summed E-state index contributed by atoms with van der Waals surface area (Å²) in [6.45, 7) is 2.08. The van der Waals surface area contributed by atoms with E-state index in [9.17, 15) is 22.3 Å². The number of hydrogen-bond donors (Lipinski definition) is 3. The fourth-order valence-electron chi connectivity index (χ4n) is 4.22. The number of aryl methyl sites for hydroxylation is 1. The third-order valence-electron chi connectivity index (χ3n) is 5.91. The molecule has 0 spiro atoms. The van der Waals surface area contributed by atoms with Gasteiger partial charge < -0.3 is 15.7 Å². The summed E-state index contributed by atoms with van der Waals surface area (Å²) in [7, 11) is -3.30. The highest BCUT2D eigenvalue weighted by atomic mass is 79.9. The van der Waals surface area contributed by atoms with E-state index in [1.54, 1.807) is 0 Å². The Morgan fingerprint density at radius 3 is 2.57 bits per heavy atom. The Morgan fingerprint density at radius 1 is 1.17 bits per heavy atom. The summed E-state index contributed by atoms with van der Waals surface area (Å²) < 4.78 is 53.1. The van der Waals surface area contributed by atoms with Crippen LogP contribution in [0, 0.1) is 11.6 Å². The number of sulfone groups is 1. The van der Waals surface area contributed by atoms with Gasteiger partial charge in [-0.15, -0.1) is 10.2 Å². The zero-order chi connectivity index (χ0) is 25.2. The molecule has 1 aliphatic rings. The summed E-state index contributed by atoms with van der Waals surface area (Å²) in [5, 5.41) is 25.7. The summed E-state index contributed by atoms with van der Waals surface area (Å²) >= 11 is 4.45. The molecule has 3 unspecified atom stereocenters. The maximum atomic E-state index is 13.8. The lowest BCUT2D eigenvalue weighted by Gasteiger charge is -2.30. The minimum Gasteiger partial charge on any atom is -0.390 e. The van der Waals surface area contributed by atoms with Gasteiger partial charge in [0.2, 0.25) is 5.13 Å². The second-order valence-corrected chi connectivity index (χ2v) is 12.9. The van der Waals surface area contributed by atoms with Gasteiger partial charge in [-0.1, -0.05) is 36.5 Å². The molecule has 35 heavy (non-hydrogen) atoms. The predicted octanol–water partition coefficient (Wildman–Crippen LogP) is 3.78. The normalized spacial score (nSPS) is 18.6. The second kappa shape index (κ2) is 11.0. The Kier molecular flexibility index (Phi) is 8.16. The quantitative estimate of drug-likeness (QED) is 0.350. The van der Waals surface area contributed by atoms with Crippen molar-refractivity contribution in [3.8, 4) is 0 Å². The van der Waals surface area contributed by atoms with Gasteiger partial charge >= 0.3 is 0 Å².